The smallest absolute Gasteiger partial charge is 0.190 e. The minimum atomic E-state index is 0.530. The number of aromatic nitrogens is 1. The zero-order valence-electron chi connectivity index (χ0n) is 29.4. The Balaban J connectivity index is 0.000000144. The molecule has 4 aromatic rings. The summed E-state index contributed by atoms with van der Waals surface area (Å²) in [7, 11) is 0. The van der Waals surface area contributed by atoms with E-state index in [1.165, 1.54) is 37.5 Å². The molecular weight excluding hydrogens is 617 g/mol. The molecule has 47 heavy (non-hydrogen) atoms. The maximum absolute atomic E-state index is 5.39. The summed E-state index contributed by atoms with van der Waals surface area (Å²) in [6.07, 6.45) is 4.13. The van der Waals surface area contributed by atoms with Gasteiger partial charge in [0.15, 0.2) is 11.6 Å². The van der Waals surface area contributed by atoms with E-state index in [0.717, 1.165) is 33.5 Å². The molecule has 0 saturated carbocycles. The van der Waals surface area contributed by atoms with Gasteiger partial charge in [0, 0.05) is 11.1 Å². The van der Waals surface area contributed by atoms with Crippen LogP contribution < -0.4 is 15.4 Å². The number of nitrogens with one attached hydrogen (secondary N) is 2. The molecular formula is C40H50N4OS2. The van der Waals surface area contributed by atoms with Crippen molar-refractivity contribution in [3.05, 3.63) is 112 Å². The summed E-state index contributed by atoms with van der Waals surface area (Å²) in [6, 6.07) is 19.3. The van der Waals surface area contributed by atoms with E-state index in [0.29, 0.717) is 29.6 Å². The van der Waals surface area contributed by atoms with Gasteiger partial charge in [0.2, 0.25) is 0 Å². The molecule has 0 fully saturated rings. The van der Waals surface area contributed by atoms with Gasteiger partial charge < -0.3 is 15.4 Å². The molecule has 0 atom stereocenters. The fourth-order valence-corrected chi connectivity index (χ4v) is 6.68. The minimum absolute atomic E-state index is 0.530. The summed E-state index contributed by atoms with van der Waals surface area (Å²) >= 11 is 3.49. The maximum Gasteiger partial charge on any atom is 0.190 e. The molecule has 3 aliphatic rings. The fourth-order valence-electron chi connectivity index (χ4n) is 4.96. The van der Waals surface area contributed by atoms with Crippen LogP contribution in [0.3, 0.4) is 0 Å². The largest absolute Gasteiger partial charge is 0.440 e. The highest BCUT2D eigenvalue weighted by molar-refractivity contribution is 8.03. The summed E-state index contributed by atoms with van der Waals surface area (Å²) in [5.41, 5.74) is 8.79. The molecule has 0 amide bonds. The van der Waals surface area contributed by atoms with Crippen LogP contribution >= 0.6 is 23.1 Å². The fraction of sp³-hybridized carbons (Fsp3) is 0.350. The highest BCUT2D eigenvalue weighted by Gasteiger charge is 2.16. The second-order valence-corrected chi connectivity index (χ2v) is 15.5. The van der Waals surface area contributed by atoms with Crippen molar-refractivity contribution in [2.45, 2.75) is 85.0 Å². The Labute approximate surface area is 290 Å². The van der Waals surface area contributed by atoms with Crippen LogP contribution in [-0.4, -0.2) is 17.7 Å². The topological polar surface area (TPSA) is 58.5 Å². The molecule has 0 bridgehead atoms. The molecule has 7 heteroatoms. The third-order valence-corrected chi connectivity index (χ3v) is 9.72. The number of hydrogen-bond donors (Lipinski definition) is 2. The number of anilines is 2. The van der Waals surface area contributed by atoms with Crippen LogP contribution in [0, 0.1) is 12.8 Å². The van der Waals surface area contributed by atoms with Gasteiger partial charge in [0.05, 0.1) is 38.2 Å². The molecule has 0 spiro atoms. The number of fused-ring (bicyclic) bond motifs is 3. The van der Waals surface area contributed by atoms with Crippen LogP contribution in [0.25, 0.3) is 10.2 Å². The standard InChI is InChI=1S/C11H13NO.2C11H13NS.C7H11N/c3*1-7(2)9-4-5-10-11(6-9)13-8(3)12-10;1-6(2)7-3-4-8-5-7/h4-7,12H,3H2,1-2H3;4-7H,1-3H3;4-7,12H,3H2,1-2H3;3,5-6H,4H2,1-2H3. The van der Waals surface area contributed by atoms with Crippen LogP contribution in [0.1, 0.15) is 94.8 Å². The molecule has 3 aliphatic heterocycles. The molecule has 0 aliphatic carbocycles. The van der Waals surface area contributed by atoms with E-state index in [4.69, 9.17) is 4.74 Å². The predicted octanol–water partition coefficient (Wildman–Crippen LogP) is 12.3. The minimum Gasteiger partial charge on any atom is -0.440 e. The van der Waals surface area contributed by atoms with E-state index in [2.05, 4.69) is 151 Å². The Morgan fingerprint density at radius 1 is 0.745 bits per heavy atom. The normalized spacial score (nSPS) is 14.0. The van der Waals surface area contributed by atoms with Crippen LogP contribution in [0.5, 0.6) is 5.75 Å². The van der Waals surface area contributed by atoms with E-state index < -0.39 is 0 Å². The summed E-state index contributed by atoms with van der Waals surface area (Å²) in [4.78, 5) is 9.80. The zero-order chi connectivity index (χ0) is 34.2. The molecule has 4 heterocycles. The number of aryl methyl sites for hydroxylation is 1. The number of ether oxygens (including phenoxy) is 1. The number of thioether (sulfide) groups is 1. The lowest BCUT2D eigenvalue weighted by Crippen LogP contribution is -1.92. The molecule has 7 rings (SSSR count). The van der Waals surface area contributed by atoms with Crippen molar-refractivity contribution in [3.8, 4) is 5.75 Å². The average molecular weight is 667 g/mol. The van der Waals surface area contributed by atoms with Gasteiger partial charge in [0.1, 0.15) is 0 Å². The van der Waals surface area contributed by atoms with Crippen molar-refractivity contribution in [1.29, 1.82) is 0 Å². The molecule has 0 radical (unpaired) electrons. The molecule has 0 unspecified atom stereocenters. The molecule has 3 aromatic carbocycles. The van der Waals surface area contributed by atoms with Crippen molar-refractivity contribution in [1.82, 2.24) is 4.98 Å². The SMILES string of the molecule is C=C1Nc2ccc(C(C)C)cc2O1.C=C1Nc2ccc(C(C)C)cc2S1.CC(C)C1=CCN=C1.Cc1nc2ccc(C(C)C)cc2s1. The Morgan fingerprint density at radius 3 is 1.96 bits per heavy atom. The monoisotopic (exact) mass is 666 g/mol. The van der Waals surface area contributed by atoms with E-state index in [9.17, 15) is 0 Å². The summed E-state index contributed by atoms with van der Waals surface area (Å²) < 4.78 is 6.70. The Kier molecular flexibility index (Phi) is 12.5. The molecule has 1 aromatic heterocycles. The van der Waals surface area contributed by atoms with Crippen molar-refractivity contribution >= 4 is 50.9 Å². The zero-order valence-corrected chi connectivity index (χ0v) is 31.0. The van der Waals surface area contributed by atoms with Gasteiger partial charge in [-0.1, -0.05) is 98.0 Å². The van der Waals surface area contributed by atoms with Crippen LogP contribution in [0.15, 0.2) is 100 Å². The van der Waals surface area contributed by atoms with Crippen molar-refractivity contribution in [2.24, 2.45) is 10.9 Å². The number of thiazole rings is 1. The third kappa shape index (κ3) is 10.1. The van der Waals surface area contributed by atoms with Gasteiger partial charge in [-0.25, -0.2) is 4.98 Å². The number of hydrogen-bond acceptors (Lipinski definition) is 7. The number of rotatable bonds is 4. The second-order valence-electron chi connectivity index (χ2n) is 13.1. The number of aliphatic imine (C=N–C) groups is 1. The third-order valence-electron chi connectivity index (χ3n) is 7.88. The van der Waals surface area contributed by atoms with Crippen molar-refractivity contribution in [3.63, 3.8) is 0 Å². The van der Waals surface area contributed by atoms with Crippen LogP contribution in [0.2, 0.25) is 0 Å². The van der Waals surface area contributed by atoms with E-state index in [1.54, 1.807) is 23.1 Å². The van der Waals surface area contributed by atoms with Gasteiger partial charge in [-0.2, -0.15) is 0 Å². The van der Waals surface area contributed by atoms with E-state index in [-0.39, 0.29) is 0 Å². The highest BCUT2D eigenvalue weighted by Crippen LogP contribution is 2.41. The first-order valence-electron chi connectivity index (χ1n) is 16.4. The van der Waals surface area contributed by atoms with Crippen LogP contribution in [-0.2, 0) is 0 Å². The van der Waals surface area contributed by atoms with Gasteiger partial charge >= 0.3 is 0 Å². The van der Waals surface area contributed by atoms with E-state index in [1.807, 2.05) is 12.3 Å². The quantitative estimate of drug-likeness (QED) is 0.227. The molecule has 0 saturated heterocycles. The molecule has 2 N–H and O–H groups in total. The number of allylic oxidation sites excluding steroid dienone is 1. The first-order valence-corrected chi connectivity index (χ1v) is 18.1. The van der Waals surface area contributed by atoms with Crippen molar-refractivity contribution in [2.75, 3.05) is 17.2 Å². The highest BCUT2D eigenvalue weighted by atomic mass is 32.2. The lowest BCUT2D eigenvalue weighted by Gasteiger charge is -2.06. The summed E-state index contributed by atoms with van der Waals surface area (Å²) in [5.74, 6) is 3.88. The lowest BCUT2D eigenvalue weighted by molar-refractivity contribution is 0.459. The Bertz CT molecular complexity index is 1710. The van der Waals surface area contributed by atoms with Gasteiger partial charge in [-0.05, 0) is 95.8 Å². The molecule has 248 valence electrons. The van der Waals surface area contributed by atoms with Crippen molar-refractivity contribution < 1.29 is 4.74 Å². The average Bonchev–Trinajstić information content (AvgIpc) is 3.81. The predicted molar refractivity (Wildman–Crippen MR) is 208 cm³/mol. The summed E-state index contributed by atoms with van der Waals surface area (Å²) in [5, 5.41) is 8.45. The second kappa shape index (κ2) is 16.3. The molecule has 5 nitrogen and oxygen atoms in total. The van der Waals surface area contributed by atoms with Gasteiger partial charge in [-0.15, -0.1) is 11.3 Å². The van der Waals surface area contributed by atoms with Crippen LogP contribution in [0.4, 0.5) is 11.4 Å². The maximum atomic E-state index is 5.39. The first-order chi connectivity index (χ1) is 22.3. The summed E-state index contributed by atoms with van der Waals surface area (Å²) in [6.45, 7) is 28.1. The Morgan fingerprint density at radius 2 is 1.36 bits per heavy atom. The lowest BCUT2D eigenvalue weighted by atomic mass is 10.0. The number of benzene rings is 3. The van der Waals surface area contributed by atoms with Gasteiger partial charge in [0.25, 0.3) is 0 Å². The van der Waals surface area contributed by atoms with E-state index >= 15 is 0 Å². The Hall–Kier alpha value is -3.81. The number of nitrogens with zero attached hydrogens (tertiary/aromatic N) is 2. The first kappa shape index (κ1) is 36.0. The van der Waals surface area contributed by atoms with Gasteiger partial charge in [-0.3, -0.25) is 4.99 Å².